The Morgan fingerprint density at radius 2 is 1.67 bits per heavy atom. The van der Waals surface area contributed by atoms with Crippen LogP contribution in [-0.2, 0) is 6.54 Å². The lowest BCUT2D eigenvalue weighted by Crippen LogP contribution is -2.47. The SMILES string of the molecule is CC.CN(CCNC(O)(O)O)Cc1ccccc1. The van der Waals surface area contributed by atoms with Gasteiger partial charge in [-0.2, -0.15) is 0 Å². The number of rotatable bonds is 6. The third-order valence-corrected chi connectivity index (χ3v) is 2.15. The molecule has 0 saturated carbocycles. The molecular formula is C13H24N2O3. The highest BCUT2D eigenvalue weighted by Crippen LogP contribution is 2.01. The Morgan fingerprint density at radius 1 is 1.11 bits per heavy atom. The van der Waals surface area contributed by atoms with Gasteiger partial charge in [0.2, 0.25) is 0 Å². The molecule has 1 rings (SSSR count). The van der Waals surface area contributed by atoms with Crippen molar-refractivity contribution >= 4 is 0 Å². The van der Waals surface area contributed by atoms with E-state index in [1.54, 1.807) is 0 Å². The first kappa shape index (κ1) is 17.0. The summed E-state index contributed by atoms with van der Waals surface area (Å²) in [6.45, 7) is 5.66. The zero-order valence-electron chi connectivity index (χ0n) is 11.3. The molecule has 0 bridgehead atoms. The summed E-state index contributed by atoms with van der Waals surface area (Å²) in [5, 5.41) is 28.0. The summed E-state index contributed by atoms with van der Waals surface area (Å²) in [4.78, 5) is 2.01. The molecule has 0 fully saturated rings. The maximum absolute atomic E-state index is 8.60. The second kappa shape index (κ2) is 9.02. The number of likely N-dealkylation sites (N-methyl/N-ethyl adjacent to an activating group) is 1. The Bertz CT molecular complexity index is 299. The van der Waals surface area contributed by atoms with Crippen LogP contribution in [0.5, 0.6) is 0 Å². The van der Waals surface area contributed by atoms with Crippen LogP contribution in [0.15, 0.2) is 30.3 Å². The molecule has 0 amide bonds. The summed E-state index contributed by atoms with van der Waals surface area (Å²) >= 11 is 0. The first-order valence-corrected chi connectivity index (χ1v) is 6.12. The van der Waals surface area contributed by atoms with E-state index in [-0.39, 0.29) is 6.54 Å². The molecule has 0 heterocycles. The minimum absolute atomic E-state index is 0.285. The van der Waals surface area contributed by atoms with Gasteiger partial charge in [-0.1, -0.05) is 44.2 Å². The van der Waals surface area contributed by atoms with Gasteiger partial charge >= 0.3 is 6.10 Å². The van der Waals surface area contributed by atoms with Gasteiger partial charge in [-0.15, -0.1) is 0 Å². The highest BCUT2D eigenvalue weighted by molar-refractivity contribution is 5.14. The third-order valence-electron chi connectivity index (χ3n) is 2.15. The lowest BCUT2D eigenvalue weighted by atomic mass is 10.2. The third kappa shape index (κ3) is 9.09. The van der Waals surface area contributed by atoms with Crippen LogP contribution >= 0.6 is 0 Å². The van der Waals surface area contributed by atoms with Crippen LogP contribution in [0.3, 0.4) is 0 Å². The van der Waals surface area contributed by atoms with Gasteiger partial charge in [0.25, 0.3) is 0 Å². The molecule has 4 N–H and O–H groups in total. The molecule has 5 nitrogen and oxygen atoms in total. The monoisotopic (exact) mass is 256 g/mol. The molecule has 0 spiro atoms. The molecule has 0 aromatic heterocycles. The number of nitrogens with one attached hydrogen (secondary N) is 1. The maximum atomic E-state index is 8.60. The Balaban J connectivity index is 0.00000137. The van der Waals surface area contributed by atoms with E-state index in [0.717, 1.165) is 6.54 Å². The van der Waals surface area contributed by atoms with Crippen molar-refractivity contribution in [1.82, 2.24) is 10.2 Å². The van der Waals surface area contributed by atoms with Gasteiger partial charge in [0.1, 0.15) is 0 Å². The first-order chi connectivity index (χ1) is 8.47. The van der Waals surface area contributed by atoms with Crippen LogP contribution in [0.25, 0.3) is 0 Å². The Kier molecular flexibility index (Phi) is 8.53. The van der Waals surface area contributed by atoms with Crippen molar-refractivity contribution in [2.24, 2.45) is 0 Å². The van der Waals surface area contributed by atoms with Crippen LogP contribution in [0, 0.1) is 0 Å². The summed E-state index contributed by atoms with van der Waals surface area (Å²) < 4.78 is 0. The summed E-state index contributed by atoms with van der Waals surface area (Å²) in [7, 11) is 1.92. The zero-order valence-corrected chi connectivity index (χ0v) is 11.3. The lowest BCUT2D eigenvalue weighted by Gasteiger charge is -2.20. The summed E-state index contributed by atoms with van der Waals surface area (Å²) in [5.41, 5.74) is 1.19. The van der Waals surface area contributed by atoms with Gasteiger partial charge < -0.3 is 20.2 Å². The van der Waals surface area contributed by atoms with Gasteiger partial charge in [-0.3, -0.25) is 0 Å². The normalized spacial score (nSPS) is 11.1. The molecule has 1 aromatic carbocycles. The van der Waals surface area contributed by atoms with Crippen molar-refractivity contribution in [2.75, 3.05) is 20.1 Å². The van der Waals surface area contributed by atoms with Gasteiger partial charge in [0, 0.05) is 19.6 Å². The fraction of sp³-hybridized carbons (Fsp3) is 0.538. The molecule has 0 unspecified atom stereocenters. The quantitative estimate of drug-likeness (QED) is 0.552. The van der Waals surface area contributed by atoms with Crippen molar-refractivity contribution in [3.05, 3.63) is 35.9 Å². The fourth-order valence-electron chi connectivity index (χ4n) is 1.39. The number of benzene rings is 1. The van der Waals surface area contributed by atoms with Crippen LogP contribution < -0.4 is 5.32 Å². The molecule has 0 atom stereocenters. The average Bonchev–Trinajstić information content (AvgIpc) is 2.31. The maximum Gasteiger partial charge on any atom is 0.343 e. The second-order valence-corrected chi connectivity index (χ2v) is 3.79. The van der Waals surface area contributed by atoms with Crippen molar-refractivity contribution in [2.45, 2.75) is 26.5 Å². The Labute approximate surface area is 109 Å². The van der Waals surface area contributed by atoms with Crippen LogP contribution in [0.1, 0.15) is 19.4 Å². The Morgan fingerprint density at radius 3 is 2.17 bits per heavy atom. The van der Waals surface area contributed by atoms with E-state index >= 15 is 0 Å². The molecular weight excluding hydrogens is 232 g/mol. The minimum Gasteiger partial charge on any atom is -0.330 e. The summed E-state index contributed by atoms with van der Waals surface area (Å²) in [6, 6.07) is 9.96. The van der Waals surface area contributed by atoms with Crippen molar-refractivity contribution < 1.29 is 15.3 Å². The van der Waals surface area contributed by atoms with Gasteiger partial charge in [0.05, 0.1) is 0 Å². The number of nitrogens with zero attached hydrogens (tertiary/aromatic N) is 1. The molecule has 0 aliphatic rings. The molecule has 104 valence electrons. The summed E-state index contributed by atoms with van der Waals surface area (Å²) in [6.07, 6.45) is -2.78. The first-order valence-electron chi connectivity index (χ1n) is 6.12. The number of hydrogen-bond acceptors (Lipinski definition) is 5. The van der Waals surface area contributed by atoms with Crippen molar-refractivity contribution in [3.63, 3.8) is 0 Å². The van der Waals surface area contributed by atoms with Gasteiger partial charge in [0.15, 0.2) is 0 Å². The van der Waals surface area contributed by atoms with E-state index in [4.69, 9.17) is 15.3 Å². The van der Waals surface area contributed by atoms with E-state index in [1.165, 1.54) is 5.56 Å². The van der Waals surface area contributed by atoms with E-state index in [0.29, 0.717) is 6.54 Å². The smallest absolute Gasteiger partial charge is 0.330 e. The van der Waals surface area contributed by atoms with E-state index < -0.39 is 6.10 Å². The predicted octanol–water partition coefficient (Wildman–Crippen LogP) is 0.322. The second-order valence-electron chi connectivity index (χ2n) is 3.79. The standard InChI is InChI=1S/C11H18N2O3.C2H6/c1-13(8-7-12-11(14,15)16)9-10-5-3-2-4-6-10;1-2/h2-6,12,14-16H,7-9H2,1H3;1-2H3. The average molecular weight is 256 g/mol. The van der Waals surface area contributed by atoms with Crippen molar-refractivity contribution in [3.8, 4) is 0 Å². The van der Waals surface area contributed by atoms with Crippen LogP contribution in [-0.4, -0.2) is 46.5 Å². The topological polar surface area (TPSA) is 76.0 Å². The number of hydrogen-bond donors (Lipinski definition) is 4. The highest BCUT2D eigenvalue weighted by atomic mass is 16.7. The van der Waals surface area contributed by atoms with Crippen LogP contribution in [0.4, 0.5) is 0 Å². The molecule has 0 aliphatic carbocycles. The lowest BCUT2D eigenvalue weighted by molar-refractivity contribution is -0.331. The summed E-state index contributed by atoms with van der Waals surface area (Å²) in [5.74, 6) is 0. The zero-order chi connectivity index (χ0) is 14.0. The highest BCUT2D eigenvalue weighted by Gasteiger charge is 2.16. The van der Waals surface area contributed by atoms with E-state index in [9.17, 15) is 0 Å². The van der Waals surface area contributed by atoms with Crippen molar-refractivity contribution in [1.29, 1.82) is 0 Å². The number of aliphatic hydroxyl groups is 3. The predicted molar refractivity (Wildman–Crippen MR) is 71.5 cm³/mol. The fourth-order valence-corrected chi connectivity index (χ4v) is 1.39. The van der Waals surface area contributed by atoms with Gasteiger partial charge in [-0.25, -0.2) is 5.32 Å². The molecule has 0 saturated heterocycles. The van der Waals surface area contributed by atoms with Gasteiger partial charge in [-0.05, 0) is 12.6 Å². The molecule has 0 radical (unpaired) electrons. The molecule has 0 aliphatic heterocycles. The van der Waals surface area contributed by atoms with E-state index in [1.807, 2.05) is 56.1 Å². The van der Waals surface area contributed by atoms with E-state index in [2.05, 4.69) is 5.32 Å². The molecule has 1 aromatic rings. The molecule has 18 heavy (non-hydrogen) atoms. The van der Waals surface area contributed by atoms with Crippen LogP contribution in [0.2, 0.25) is 0 Å². The Hall–Kier alpha value is -0.980. The largest absolute Gasteiger partial charge is 0.343 e. The molecule has 5 heteroatoms. The minimum atomic E-state index is -2.78.